The summed E-state index contributed by atoms with van der Waals surface area (Å²) in [5, 5.41) is 0. The fourth-order valence-electron chi connectivity index (χ4n) is 1.55. The third-order valence-corrected chi connectivity index (χ3v) is 2.35. The fraction of sp³-hybridized carbons (Fsp3) is 0.143. The van der Waals surface area contributed by atoms with Crippen molar-refractivity contribution >= 4 is 0 Å². The second kappa shape index (κ2) is 6.94. The van der Waals surface area contributed by atoms with Gasteiger partial charge in [0.2, 0.25) is 0 Å². The molecular formula is C14H15ClNO-. The van der Waals surface area contributed by atoms with E-state index in [0.717, 1.165) is 5.75 Å². The van der Waals surface area contributed by atoms with E-state index in [4.69, 9.17) is 10.5 Å². The van der Waals surface area contributed by atoms with E-state index in [1.54, 1.807) is 0 Å². The minimum Gasteiger partial charge on any atom is -1.00 e. The van der Waals surface area contributed by atoms with Crippen LogP contribution in [0.3, 0.4) is 0 Å². The lowest BCUT2D eigenvalue weighted by Crippen LogP contribution is -3.00. The Balaban J connectivity index is 0.00000144. The van der Waals surface area contributed by atoms with E-state index >= 15 is 0 Å². The third kappa shape index (κ3) is 3.77. The number of benzene rings is 2. The van der Waals surface area contributed by atoms with Crippen LogP contribution < -0.4 is 22.9 Å². The van der Waals surface area contributed by atoms with Crippen molar-refractivity contribution in [3.8, 4) is 16.9 Å². The van der Waals surface area contributed by atoms with Gasteiger partial charge >= 0.3 is 0 Å². The predicted octanol–water partition coefficient (Wildman–Crippen LogP) is -0.305. The van der Waals surface area contributed by atoms with Crippen molar-refractivity contribution in [2.75, 3.05) is 13.2 Å². The molecule has 0 saturated carbocycles. The van der Waals surface area contributed by atoms with E-state index < -0.39 is 0 Å². The molecule has 0 radical (unpaired) electrons. The molecule has 2 N–H and O–H groups in total. The van der Waals surface area contributed by atoms with Gasteiger partial charge in [-0.3, -0.25) is 0 Å². The molecule has 0 amide bonds. The first-order chi connectivity index (χ1) is 7.90. The number of nitrogens with two attached hydrogens (primary N) is 1. The van der Waals surface area contributed by atoms with Crippen LogP contribution in [0.25, 0.3) is 11.1 Å². The SMILES string of the molecule is NCCOc1ccc(-c2ccccc2)cc1.[Cl-]. The Hall–Kier alpha value is -1.51. The van der Waals surface area contributed by atoms with Crippen molar-refractivity contribution < 1.29 is 17.1 Å². The van der Waals surface area contributed by atoms with Crippen LogP contribution in [0.2, 0.25) is 0 Å². The Morgan fingerprint density at radius 3 is 2.00 bits per heavy atom. The number of rotatable bonds is 4. The summed E-state index contributed by atoms with van der Waals surface area (Å²) in [7, 11) is 0. The lowest BCUT2D eigenvalue weighted by Gasteiger charge is -2.05. The predicted molar refractivity (Wildman–Crippen MR) is 66.4 cm³/mol. The molecule has 3 heteroatoms. The van der Waals surface area contributed by atoms with Gasteiger partial charge in [-0.1, -0.05) is 42.5 Å². The molecule has 0 aliphatic carbocycles. The summed E-state index contributed by atoms with van der Waals surface area (Å²) >= 11 is 0. The van der Waals surface area contributed by atoms with Gasteiger partial charge in [-0.15, -0.1) is 0 Å². The van der Waals surface area contributed by atoms with Gasteiger partial charge in [0.15, 0.2) is 0 Å². The molecule has 2 nitrogen and oxygen atoms in total. The molecule has 2 rings (SSSR count). The zero-order valence-corrected chi connectivity index (χ0v) is 10.2. The van der Waals surface area contributed by atoms with Gasteiger partial charge in [-0.25, -0.2) is 0 Å². The summed E-state index contributed by atoms with van der Waals surface area (Å²) in [6.07, 6.45) is 0. The van der Waals surface area contributed by atoms with Crippen LogP contribution in [-0.2, 0) is 0 Å². The van der Waals surface area contributed by atoms with Crippen LogP contribution in [0.1, 0.15) is 0 Å². The molecule has 2 aromatic rings. The molecule has 0 fully saturated rings. The molecule has 0 bridgehead atoms. The van der Waals surface area contributed by atoms with Crippen molar-refractivity contribution in [2.45, 2.75) is 0 Å². The Labute approximate surface area is 108 Å². The Morgan fingerprint density at radius 1 is 0.824 bits per heavy atom. The van der Waals surface area contributed by atoms with Crippen molar-refractivity contribution in [3.63, 3.8) is 0 Å². The highest BCUT2D eigenvalue weighted by molar-refractivity contribution is 5.63. The maximum absolute atomic E-state index is 5.42. The molecule has 0 aliphatic heterocycles. The number of ether oxygens (including phenoxy) is 1. The summed E-state index contributed by atoms with van der Waals surface area (Å²) < 4.78 is 5.42. The highest BCUT2D eigenvalue weighted by Crippen LogP contribution is 2.21. The maximum atomic E-state index is 5.42. The van der Waals surface area contributed by atoms with Gasteiger partial charge in [0.1, 0.15) is 12.4 Å². The van der Waals surface area contributed by atoms with Gasteiger partial charge in [-0.2, -0.15) is 0 Å². The van der Waals surface area contributed by atoms with Crippen molar-refractivity contribution in [1.82, 2.24) is 0 Å². The first kappa shape index (κ1) is 13.6. The largest absolute Gasteiger partial charge is 1.00 e. The maximum Gasteiger partial charge on any atom is 0.119 e. The third-order valence-electron chi connectivity index (χ3n) is 2.35. The van der Waals surface area contributed by atoms with Crippen LogP contribution in [-0.4, -0.2) is 13.2 Å². The number of halogens is 1. The molecular weight excluding hydrogens is 234 g/mol. The summed E-state index contributed by atoms with van der Waals surface area (Å²) in [6.45, 7) is 1.10. The number of hydrogen-bond donors (Lipinski definition) is 1. The van der Waals surface area contributed by atoms with E-state index in [1.807, 2.05) is 30.3 Å². The lowest BCUT2D eigenvalue weighted by atomic mass is 10.1. The first-order valence-corrected chi connectivity index (χ1v) is 5.38. The van der Waals surface area contributed by atoms with Gasteiger partial charge in [0, 0.05) is 6.54 Å². The van der Waals surface area contributed by atoms with Gasteiger partial charge < -0.3 is 22.9 Å². The summed E-state index contributed by atoms with van der Waals surface area (Å²) in [6, 6.07) is 18.3. The van der Waals surface area contributed by atoms with E-state index in [-0.39, 0.29) is 12.4 Å². The van der Waals surface area contributed by atoms with Crippen LogP contribution in [0.15, 0.2) is 54.6 Å². The second-order valence-electron chi connectivity index (χ2n) is 3.53. The molecule has 0 heterocycles. The molecule has 2 aromatic carbocycles. The monoisotopic (exact) mass is 248 g/mol. The van der Waals surface area contributed by atoms with Gasteiger partial charge in [0.25, 0.3) is 0 Å². The molecule has 0 aliphatic rings. The molecule has 0 saturated heterocycles. The highest BCUT2D eigenvalue weighted by atomic mass is 35.5. The lowest BCUT2D eigenvalue weighted by molar-refractivity contribution is -0.00000367. The van der Waals surface area contributed by atoms with E-state index in [1.165, 1.54) is 11.1 Å². The van der Waals surface area contributed by atoms with E-state index in [9.17, 15) is 0 Å². The average molecular weight is 249 g/mol. The van der Waals surface area contributed by atoms with E-state index in [0.29, 0.717) is 13.2 Å². The summed E-state index contributed by atoms with van der Waals surface area (Å²) in [5.74, 6) is 0.866. The van der Waals surface area contributed by atoms with Gasteiger partial charge in [0.05, 0.1) is 0 Å². The highest BCUT2D eigenvalue weighted by Gasteiger charge is 1.97. The van der Waals surface area contributed by atoms with Gasteiger partial charge in [-0.05, 0) is 23.3 Å². The molecule has 90 valence electrons. The van der Waals surface area contributed by atoms with Crippen molar-refractivity contribution in [3.05, 3.63) is 54.6 Å². The van der Waals surface area contributed by atoms with Crippen molar-refractivity contribution in [1.29, 1.82) is 0 Å². The smallest absolute Gasteiger partial charge is 0.119 e. The zero-order valence-electron chi connectivity index (χ0n) is 9.47. The Kier molecular flexibility index (Phi) is 5.53. The van der Waals surface area contributed by atoms with Crippen LogP contribution in [0, 0.1) is 0 Å². The quantitative estimate of drug-likeness (QED) is 0.806. The molecule has 0 atom stereocenters. The number of hydrogen-bond acceptors (Lipinski definition) is 2. The Bertz CT molecular complexity index is 428. The second-order valence-corrected chi connectivity index (χ2v) is 3.53. The Morgan fingerprint density at radius 2 is 1.41 bits per heavy atom. The average Bonchev–Trinajstić information content (AvgIpc) is 2.38. The first-order valence-electron chi connectivity index (χ1n) is 5.38. The minimum atomic E-state index is 0. The van der Waals surface area contributed by atoms with Crippen molar-refractivity contribution in [2.24, 2.45) is 5.73 Å². The molecule has 0 unspecified atom stereocenters. The molecule has 0 spiro atoms. The fourth-order valence-corrected chi connectivity index (χ4v) is 1.55. The topological polar surface area (TPSA) is 35.2 Å². The molecule has 17 heavy (non-hydrogen) atoms. The standard InChI is InChI=1S/C14H15NO.ClH/c15-10-11-16-14-8-6-13(7-9-14)12-4-2-1-3-5-12;/h1-9H,10-11,15H2;1H/p-1. The van der Waals surface area contributed by atoms with E-state index in [2.05, 4.69) is 24.3 Å². The minimum absolute atomic E-state index is 0. The summed E-state index contributed by atoms with van der Waals surface area (Å²) in [4.78, 5) is 0. The van der Waals surface area contributed by atoms with Crippen LogP contribution in [0.4, 0.5) is 0 Å². The zero-order chi connectivity index (χ0) is 11.2. The van der Waals surface area contributed by atoms with Crippen LogP contribution in [0.5, 0.6) is 5.75 Å². The summed E-state index contributed by atoms with van der Waals surface area (Å²) in [5.41, 5.74) is 7.78. The van der Waals surface area contributed by atoms with Crippen LogP contribution >= 0.6 is 0 Å². The normalized spacial score (nSPS) is 9.47. The molecule has 0 aromatic heterocycles.